The monoisotopic (exact) mass is 469 g/mol. The second-order valence-corrected chi connectivity index (χ2v) is 9.96. The van der Waals surface area contributed by atoms with Crippen molar-refractivity contribution in [3.05, 3.63) is 83.2 Å². The molecule has 0 unspecified atom stereocenters. The standard InChI is InChI=1S/C28H35N7/c1-18-11-19(2)13-25(12-18)31-28-30-15-23-16-34(17-27(23)32-28)26-9-10-35(20(3)14-26)21(4)22-5-7-24(33-29)8-6-22/h5-8,11-13,15,20,26,33H,4,9-10,14,16-17,29H2,1-3H3,(H,30,31,32)/t20-,26-/m0/s1. The summed E-state index contributed by atoms with van der Waals surface area (Å²) in [4.78, 5) is 14.5. The van der Waals surface area contributed by atoms with Gasteiger partial charge in [-0.3, -0.25) is 10.7 Å². The Hall–Kier alpha value is -3.42. The average Bonchev–Trinajstić information content (AvgIpc) is 3.26. The van der Waals surface area contributed by atoms with Crippen LogP contribution in [0.2, 0.25) is 0 Å². The van der Waals surface area contributed by atoms with Gasteiger partial charge < -0.3 is 15.6 Å². The number of likely N-dealkylation sites (tertiary alicyclic amines) is 1. The quantitative estimate of drug-likeness (QED) is 0.348. The molecule has 182 valence electrons. The topological polar surface area (TPSA) is 82.3 Å². The number of benzene rings is 2. The zero-order valence-corrected chi connectivity index (χ0v) is 20.9. The number of hydrogen-bond donors (Lipinski definition) is 3. The molecule has 7 heteroatoms. The van der Waals surface area contributed by atoms with E-state index in [0.717, 1.165) is 60.8 Å². The Morgan fingerprint density at radius 2 is 1.80 bits per heavy atom. The lowest BCUT2D eigenvalue weighted by atomic mass is 9.95. The summed E-state index contributed by atoms with van der Waals surface area (Å²) in [6.07, 6.45) is 4.21. The molecule has 2 aliphatic heterocycles. The van der Waals surface area contributed by atoms with E-state index in [9.17, 15) is 0 Å². The van der Waals surface area contributed by atoms with Crippen LogP contribution in [0, 0.1) is 13.8 Å². The third-order valence-corrected chi connectivity index (χ3v) is 7.25. The molecule has 0 amide bonds. The largest absolute Gasteiger partial charge is 0.369 e. The van der Waals surface area contributed by atoms with Crippen molar-refractivity contribution in [3.8, 4) is 0 Å². The Balaban J connectivity index is 1.21. The van der Waals surface area contributed by atoms with Crippen molar-refractivity contribution < 1.29 is 0 Å². The van der Waals surface area contributed by atoms with Gasteiger partial charge in [-0.05, 0) is 74.6 Å². The number of nitrogens with two attached hydrogens (primary N) is 1. The SMILES string of the molecule is C=C(c1ccc(NN)cc1)N1CC[C@H](N2Cc3cnc(Nc4cc(C)cc(C)c4)nc3C2)C[C@@H]1C. The van der Waals surface area contributed by atoms with Crippen molar-refractivity contribution >= 4 is 23.0 Å². The van der Waals surface area contributed by atoms with Crippen molar-refractivity contribution in [3.63, 3.8) is 0 Å². The van der Waals surface area contributed by atoms with E-state index < -0.39 is 0 Å². The molecule has 5 rings (SSSR count). The highest BCUT2D eigenvalue weighted by molar-refractivity contribution is 5.64. The van der Waals surface area contributed by atoms with Crippen LogP contribution in [-0.4, -0.2) is 38.4 Å². The summed E-state index contributed by atoms with van der Waals surface area (Å²) >= 11 is 0. The Morgan fingerprint density at radius 1 is 1.06 bits per heavy atom. The third kappa shape index (κ3) is 5.01. The highest BCUT2D eigenvalue weighted by Crippen LogP contribution is 2.33. The summed E-state index contributed by atoms with van der Waals surface area (Å²) in [6.45, 7) is 13.7. The van der Waals surface area contributed by atoms with Crippen molar-refractivity contribution in [2.24, 2.45) is 5.84 Å². The number of hydrazine groups is 1. The van der Waals surface area contributed by atoms with Gasteiger partial charge in [0.05, 0.1) is 5.69 Å². The molecule has 3 aromatic rings. The Labute approximate surface area is 208 Å². The van der Waals surface area contributed by atoms with Gasteiger partial charge in [-0.2, -0.15) is 0 Å². The lowest BCUT2D eigenvalue weighted by Gasteiger charge is -2.43. The first kappa shape index (κ1) is 23.3. The highest BCUT2D eigenvalue weighted by Gasteiger charge is 2.33. The molecule has 35 heavy (non-hydrogen) atoms. The van der Waals surface area contributed by atoms with Crippen LogP contribution in [0.4, 0.5) is 17.3 Å². The van der Waals surface area contributed by atoms with Crippen LogP contribution < -0.4 is 16.6 Å². The fourth-order valence-corrected chi connectivity index (χ4v) is 5.48. The van der Waals surface area contributed by atoms with Crippen LogP contribution in [-0.2, 0) is 13.1 Å². The summed E-state index contributed by atoms with van der Waals surface area (Å²) in [5.41, 5.74) is 11.7. The molecule has 0 aliphatic carbocycles. The summed E-state index contributed by atoms with van der Waals surface area (Å²) in [6, 6.07) is 15.5. The minimum Gasteiger partial charge on any atom is -0.369 e. The number of nitrogens with zero attached hydrogens (tertiary/aromatic N) is 4. The zero-order chi connectivity index (χ0) is 24.5. The molecule has 2 aromatic carbocycles. The van der Waals surface area contributed by atoms with E-state index in [4.69, 9.17) is 10.8 Å². The van der Waals surface area contributed by atoms with E-state index in [2.05, 4.69) is 83.2 Å². The summed E-state index contributed by atoms with van der Waals surface area (Å²) < 4.78 is 0. The van der Waals surface area contributed by atoms with Crippen LogP contribution in [0.5, 0.6) is 0 Å². The Bertz CT molecular complexity index is 1200. The lowest BCUT2D eigenvalue weighted by molar-refractivity contribution is 0.102. The van der Waals surface area contributed by atoms with Crippen molar-refractivity contribution in [1.82, 2.24) is 19.8 Å². The summed E-state index contributed by atoms with van der Waals surface area (Å²) in [5, 5.41) is 3.39. The number of piperidine rings is 1. The second-order valence-electron chi connectivity index (χ2n) is 9.96. The van der Waals surface area contributed by atoms with Crippen LogP contribution in [0.15, 0.2) is 55.2 Å². The molecule has 0 bridgehead atoms. The summed E-state index contributed by atoms with van der Waals surface area (Å²) in [5.74, 6) is 6.17. The van der Waals surface area contributed by atoms with Gasteiger partial charge in [-0.15, -0.1) is 0 Å². The predicted octanol–water partition coefficient (Wildman–Crippen LogP) is 4.96. The highest BCUT2D eigenvalue weighted by atomic mass is 15.2. The van der Waals surface area contributed by atoms with E-state index in [0.29, 0.717) is 18.0 Å². The zero-order valence-electron chi connectivity index (χ0n) is 20.9. The number of nitrogens with one attached hydrogen (secondary N) is 2. The maximum absolute atomic E-state index is 5.50. The molecule has 0 spiro atoms. The van der Waals surface area contributed by atoms with Gasteiger partial charge in [-0.25, -0.2) is 9.97 Å². The first-order valence-corrected chi connectivity index (χ1v) is 12.4. The molecule has 7 nitrogen and oxygen atoms in total. The van der Waals surface area contributed by atoms with Crippen molar-refractivity contribution in [2.45, 2.75) is 58.8 Å². The van der Waals surface area contributed by atoms with E-state index in [1.807, 2.05) is 18.3 Å². The van der Waals surface area contributed by atoms with Gasteiger partial charge in [0.25, 0.3) is 0 Å². The average molecular weight is 470 g/mol. The van der Waals surface area contributed by atoms with Gasteiger partial charge in [0.2, 0.25) is 5.95 Å². The number of anilines is 3. The number of aryl methyl sites for hydroxylation is 2. The first-order chi connectivity index (χ1) is 16.9. The van der Waals surface area contributed by atoms with Crippen LogP contribution >= 0.6 is 0 Å². The molecule has 4 N–H and O–H groups in total. The van der Waals surface area contributed by atoms with Crippen molar-refractivity contribution in [2.75, 3.05) is 17.3 Å². The lowest BCUT2D eigenvalue weighted by Crippen LogP contribution is -2.46. The summed E-state index contributed by atoms with van der Waals surface area (Å²) in [7, 11) is 0. The molecular formula is C28H35N7. The fraction of sp³-hybridized carbons (Fsp3) is 0.357. The minimum absolute atomic E-state index is 0.421. The van der Waals surface area contributed by atoms with Crippen LogP contribution in [0.25, 0.3) is 5.70 Å². The van der Waals surface area contributed by atoms with Crippen LogP contribution in [0.1, 0.15) is 47.7 Å². The van der Waals surface area contributed by atoms with E-state index >= 15 is 0 Å². The van der Waals surface area contributed by atoms with Crippen molar-refractivity contribution in [1.29, 1.82) is 0 Å². The predicted molar refractivity (Wildman–Crippen MR) is 143 cm³/mol. The number of fused-ring (bicyclic) bond motifs is 1. The van der Waals surface area contributed by atoms with Gasteiger partial charge in [-0.1, -0.05) is 24.8 Å². The maximum atomic E-state index is 5.50. The third-order valence-electron chi connectivity index (χ3n) is 7.25. The number of hydrogen-bond acceptors (Lipinski definition) is 7. The first-order valence-electron chi connectivity index (χ1n) is 12.4. The Morgan fingerprint density at radius 3 is 2.49 bits per heavy atom. The van der Waals surface area contributed by atoms with E-state index in [1.165, 1.54) is 16.7 Å². The number of rotatable bonds is 6. The van der Waals surface area contributed by atoms with Gasteiger partial charge in [0, 0.05) is 60.6 Å². The molecule has 1 fully saturated rings. The maximum Gasteiger partial charge on any atom is 0.227 e. The van der Waals surface area contributed by atoms with Gasteiger partial charge >= 0.3 is 0 Å². The molecule has 3 heterocycles. The number of nitrogen functional groups attached to an aromatic ring is 1. The Kier molecular flexibility index (Phi) is 6.45. The number of aromatic nitrogens is 2. The normalized spacial score (nSPS) is 19.9. The molecule has 1 aromatic heterocycles. The fourth-order valence-electron chi connectivity index (χ4n) is 5.48. The minimum atomic E-state index is 0.421. The smallest absolute Gasteiger partial charge is 0.227 e. The molecular weight excluding hydrogens is 434 g/mol. The van der Waals surface area contributed by atoms with Gasteiger partial charge in [0.15, 0.2) is 0 Å². The van der Waals surface area contributed by atoms with E-state index in [1.54, 1.807) is 0 Å². The van der Waals surface area contributed by atoms with Crippen LogP contribution in [0.3, 0.4) is 0 Å². The van der Waals surface area contributed by atoms with Gasteiger partial charge in [0.1, 0.15) is 0 Å². The molecule has 0 saturated carbocycles. The molecule has 2 aliphatic rings. The molecule has 1 saturated heterocycles. The molecule has 2 atom stereocenters. The second kappa shape index (κ2) is 9.68. The van der Waals surface area contributed by atoms with E-state index in [-0.39, 0.29) is 0 Å². The molecule has 0 radical (unpaired) electrons.